The average Bonchev–Trinajstić information content (AvgIpc) is 3.52. The van der Waals surface area contributed by atoms with Crippen molar-refractivity contribution in [1.29, 1.82) is 0 Å². The number of rotatable bonds is 6. The number of sulfonamides is 1. The zero-order valence-electron chi connectivity index (χ0n) is 15.4. The third kappa shape index (κ3) is 4.00. The van der Waals surface area contributed by atoms with E-state index >= 15 is 0 Å². The summed E-state index contributed by atoms with van der Waals surface area (Å²) in [5.74, 6) is -0.573. The first-order chi connectivity index (χ1) is 13.9. The summed E-state index contributed by atoms with van der Waals surface area (Å²) in [4.78, 5) is 12.7. The van der Waals surface area contributed by atoms with Gasteiger partial charge in [-0.3, -0.25) is 9.52 Å². The number of nitrogens with one attached hydrogen (secondary N) is 2. The molecule has 0 spiro atoms. The van der Waals surface area contributed by atoms with Crippen molar-refractivity contribution in [2.45, 2.75) is 23.2 Å². The first-order valence-corrected chi connectivity index (χ1v) is 10.6. The van der Waals surface area contributed by atoms with Crippen LogP contribution in [0.2, 0.25) is 0 Å². The molecule has 1 aliphatic carbocycles. The van der Waals surface area contributed by atoms with E-state index in [0.717, 1.165) is 30.5 Å². The van der Waals surface area contributed by atoms with Crippen LogP contribution >= 0.6 is 0 Å². The Balaban J connectivity index is 1.44. The van der Waals surface area contributed by atoms with Gasteiger partial charge in [0.05, 0.1) is 10.3 Å². The lowest BCUT2D eigenvalue weighted by molar-refractivity contribution is -0.118. The quantitative estimate of drug-likeness (QED) is 0.636. The van der Waals surface area contributed by atoms with Gasteiger partial charge in [0.1, 0.15) is 5.82 Å². The molecule has 5 nitrogen and oxygen atoms in total. The number of amides is 1. The van der Waals surface area contributed by atoms with Gasteiger partial charge in [0.15, 0.2) is 0 Å². The maximum absolute atomic E-state index is 13.0. The second-order valence-corrected chi connectivity index (χ2v) is 8.72. The standard InChI is InChI=1S/C22H19FN2O3S/c23-17-6-12-20(13-7-17)29(27,28)25-19-10-8-18(9-11-19)24-21(26)22(14-15-22)16-4-2-1-3-5-16/h1-13,25H,14-15H2,(H,24,26). The summed E-state index contributed by atoms with van der Waals surface area (Å²) < 4.78 is 40.2. The molecule has 1 aliphatic rings. The molecule has 0 aliphatic heterocycles. The SMILES string of the molecule is O=C(Nc1ccc(NS(=O)(=O)c2ccc(F)cc2)cc1)C1(c2ccccc2)CC1. The van der Waals surface area contributed by atoms with E-state index in [4.69, 9.17) is 0 Å². The van der Waals surface area contributed by atoms with E-state index in [-0.39, 0.29) is 10.8 Å². The van der Waals surface area contributed by atoms with Crippen molar-refractivity contribution in [3.8, 4) is 0 Å². The number of benzene rings is 3. The molecule has 3 aromatic rings. The lowest BCUT2D eigenvalue weighted by atomic mass is 9.95. The summed E-state index contributed by atoms with van der Waals surface area (Å²) in [6.45, 7) is 0. The molecule has 0 bridgehead atoms. The normalized spacial score (nSPS) is 14.8. The highest BCUT2D eigenvalue weighted by atomic mass is 32.2. The molecule has 0 atom stereocenters. The van der Waals surface area contributed by atoms with Crippen molar-refractivity contribution in [2.75, 3.05) is 10.0 Å². The summed E-state index contributed by atoms with van der Waals surface area (Å²) in [7, 11) is -3.82. The lowest BCUT2D eigenvalue weighted by Gasteiger charge is -2.16. The van der Waals surface area contributed by atoms with Crippen LogP contribution in [-0.2, 0) is 20.2 Å². The molecule has 29 heavy (non-hydrogen) atoms. The maximum atomic E-state index is 13.0. The summed E-state index contributed by atoms with van der Waals surface area (Å²) in [5, 5.41) is 2.91. The minimum absolute atomic E-state index is 0.0326. The van der Waals surface area contributed by atoms with E-state index in [1.807, 2.05) is 30.3 Å². The van der Waals surface area contributed by atoms with Crippen LogP contribution in [0, 0.1) is 5.82 Å². The Hall–Kier alpha value is -3.19. The smallest absolute Gasteiger partial charge is 0.261 e. The van der Waals surface area contributed by atoms with Crippen LogP contribution in [0.15, 0.2) is 83.8 Å². The summed E-state index contributed by atoms with van der Waals surface area (Å²) in [6, 6.07) is 20.7. The predicted octanol–water partition coefficient (Wildman–Crippen LogP) is 4.30. The molecule has 148 valence electrons. The molecule has 4 rings (SSSR count). The molecule has 2 N–H and O–H groups in total. The second kappa shape index (κ2) is 7.33. The maximum Gasteiger partial charge on any atom is 0.261 e. The molecule has 1 fully saturated rings. The van der Waals surface area contributed by atoms with Gasteiger partial charge in [-0.25, -0.2) is 12.8 Å². The molecular weight excluding hydrogens is 391 g/mol. The monoisotopic (exact) mass is 410 g/mol. The largest absolute Gasteiger partial charge is 0.325 e. The third-order valence-electron chi connectivity index (χ3n) is 5.03. The van der Waals surface area contributed by atoms with Gasteiger partial charge in [-0.2, -0.15) is 0 Å². The summed E-state index contributed by atoms with van der Waals surface area (Å²) in [6.07, 6.45) is 1.61. The number of carbonyl (C=O) groups excluding carboxylic acids is 1. The van der Waals surface area contributed by atoms with E-state index in [1.165, 1.54) is 12.1 Å². The van der Waals surface area contributed by atoms with Crippen LogP contribution in [0.1, 0.15) is 18.4 Å². The van der Waals surface area contributed by atoms with E-state index in [9.17, 15) is 17.6 Å². The summed E-state index contributed by atoms with van der Waals surface area (Å²) >= 11 is 0. The molecule has 0 unspecified atom stereocenters. The molecule has 1 saturated carbocycles. The van der Waals surface area contributed by atoms with Gasteiger partial charge < -0.3 is 5.32 Å². The van der Waals surface area contributed by atoms with Crippen LogP contribution < -0.4 is 10.0 Å². The number of hydrogen-bond acceptors (Lipinski definition) is 3. The first kappa shape index (κ1) is 19.1. The minimum atomic E-state index is -3.82. The Labute approximate surface area is 168 Å². The first-order valence-electron chi connectivity index (χ1n) is 9.15. The molecule has 7 heteroatoms. The van der Waals surface area contributed by atoms with Crippen LogP contribution in [0.3, 0.4) is 0 Å². The molecule has 1 amide bonds. The number of anilines is 2. The Morgan fingerprint density at radius 2 is 1.41 bits per heavy atom. The fraction of sp³-hybridized carbons (Fsp3) is 0.136. The number of hydrogen-bond donors (Lipinski definition) is 2. The van der Waals surface area contributed by atoms with E-state index in [2.05, 4.69) is 10.0 Å². The third-order valence-corrected chi connectivity index (χ3v) is 6.43. The highest BCUT2D eigenvalue weighted by Crippen LogP contribution is 2.48. The van der Waals surface area contributed by atoms with Gasteiger partial charge in [0, 0.05) is 11.4 Å². The van der Waals surface area contributed by atoms with Crippen LogP contribution in [0.4, 0.5) is 15.8 Å². The van der Waals surface area contributed by atoms with Crippen molar-refractivity contribution in [2.24, 2.45) is 0 Å². The molecule has 0 saturated heterocycles. The van der Waals surface area contributed by atoms with Crippen LogP contribution in [0.5, 0.6) is 0 Å². The van der Waals surface area contributed by atoms with Gasteiger partial charge in [-0.1, -0.05) is 30.3 Å². The Morgan fingerprint density at radius 1 is 0.828 bits per heavy atom. The van der Waals surface area contributed by atoms with Gasteiger partial charge in [0.2, 0.25) is 5.91 Å². The zero-order chi connectivity index (χ0) is 20.5. The van der Waals surface area contributed by atoms with Crippen molar-refractivity contribution in [3.05, 3.63) is 90.2 Å². The second-order valence-electron chi connectivity index (χ2n) is 7.04. The Bertz CT molecular complexity index is 1120. The van der Waals surface area contributed by atoms with E-state index in [1.54, 1.807) is 24.3 Å². The minimum Gasteiger partial charge on any atom is -0.325 e. The topological polar surface area (TPSA) is 75.3 Å². The van der Waals surface area contributed by atoms with Crippen molar-refractivity contribution >= 4 is 27.3 Å². The van der Waals surface area contributed by atoms with Crippen LogP contribution in [0.25, 0.3) is 0 Å². The molecule has 0 radical (unpaired) electrons. The average molecular weight is 410 g/mol. The zero-order valence-corrected chi connectivity index (χ0v) is 16.2. The Kier molecular flexibility index (Phi) is 4.84. The van der Waals surface area contributed by atoms with E-state index in [0.29, 0.717) is 11.4 Å². The fourth-order valence-electron chi connectivity index (χ4n) is 3.23. The molecule has 0 aromatic heterocycles. The van der Waals surface area contributed by atoms with Crippen LogP contribution in [-0.4, -0.2) is 14.3 Å². The fourth-order valence-corrected chi connectivity index (χ4v) is 4.29. The van der Waals surface area contributed by atoms with Gasteiger partial charge in [-0.15, -0.1) is 0 Å². The molecule has 0 heterocycles. The highest BCUT2D eigenvalue weighted by Gasteiger charge is 2.51. The van der Waals surface area contributed by atoms with Crippen molar-refractivity contribution < 1.29 is 17.6 Å². The Morgan fingerprint density at radius 3 is 2.00 bits per heavy atom. The number of halogens is 1. The van der Waals surface area contributed by atoms with Crippen molar-refractivity contribution in [1.82, 2.24) is 0 Å². The van der Waals surface area contributed by atoms with Crippen molar-refractivity contribution in [3.63, 3.8) is 0 Å². The van der Waals surface area contributed by atoms with Gasteiger partial charge >= 0.3 is 0 Å². The molecular formula is C22H19FN2O3S. The van der Waals surface area contributed by atoms with Gasteiger partial charge in [0.25, 0.3) is 10.0 Å². The van der Waals surface area contributed by atoms with E-state index < -0.39 is 21.3 Å². The highest BCUT2D eigenvalue weighted by molar-refractivity contribution is 7.92. The predicted molar refractivity (Wildman–Crippen MR) is 110 cm³/mol. The lowest BCUT2D eigenvalue weighted by Crippen LogP contribution is -2.27. The molecule has 3 aromatic carbocycles. The van der Waals surface area contributed by atoms with Gasteiger partial charge in [-0.05, 0) is 66.9 Å². The number of carbonyl (C=O) groups is 1. The summed E-state index contributed by atoms with van der Waals surface area (Å²) in [5.41, 5.74) is 1.45.